The molecule has 1 N–H and O–H groups in total. The van der Waals surface area contributed by atoms with E-state index in [2.05, 4.69) is 17.4 Å². The molecule has 1 fully saturated rings. The van der Waals surface area contributed by atoms with Gasteiger partial charge >= 0.3 is 0 Å². The summed E-state index contributed by atoms with van der Waals surface area (Å²) < 4.78 is 22.8. The van der Waals surface area contributed by atoms with Gasteiger partial charge in [0.05, 0.1) is 17.5 Å². The highest BCUT2D eigenvalue weighted by molar-refractivity contribution is 7.98. The number of carbonyl (C=O) groups excluding carboxylic acids is 1. The Kier molecular flexibility index (Phi) is 5.88. The Hall–Kier alpha value is -1.05. The maximum atomic E-state index is 12.3. The van der Waals surface area contributed by atoms with Gasteiger partial charge in [-0.2, -0.15) is 0 Å². The van der Waals surface area contributed by atoms with Crippen molar-refractivity contribution in [3.63, 3.8) is 0 Å². The number of hydrogen-bond acceptors (Lipinski definition) is 5. The first-order chi connectivity index (χ1) is 10.4. The highest BCUT2D eigenvalue weighted by Gasteiger charge is 2.27. The second-order valence-corrected chi connectivity index (χ2v) is 8.61. The minimum absolute atomic E-state index is 0.0318. The van der Waals surface area contributed by atoms with Gasteiger partial charge in [-0.15, -0.1) is 11.8 Å². The molecular weight excluding hydrogens is 320 g/mol. The lowest BCUT2D eigenvalue weighted by molar-refractivity contribution is -0.132. The van der Waals surface area contributed by atoms with Crippen molar-refractivity contribution in [3.05, 3.63) is 29.8 Å². The number of thioether (sulfide) groups is 1. The number of hydrogen-bond donors (Lipinski definition) is 1. The second kappa shape index (κ2) is 7.48. The van der Waals surface area contributed by atoms with E-state index in [1.807, 2.05) is 25.3 Å². The van der Waals surface area contributed by atoms with E-state index in [9.17, 15) is 13.2 Å². The fourth-order valence-electron chi connectivity index (χ4n) is 2.31. The van der Waals surface area contributed by atoms with Gasteiger partial charge in [-0.3, -0.25) is 4.79 Å². The molecule has 7 heteroatoms. The smallest absolute Gasteiger partial charge is 0.239 e. The van der Waals surface area contributed by atoms with Crippen LogP contribution in [-0.2, 0) is 21.2 Å². The molecule has 1 aliphatic heterocycles. The van der Waals surface area contributed by atoms with Gasteiger partial charge in [0.1, 0.15) is 0 Å². The maximum Gasteiger partial charge on any atom is 0.239 e. The SMILES string of the molecule is CSc1ccc(CN[C@H](C)C(=O)N2CCS(=O)(=O)CC2)cc1. The zero-order chi connectivity index (χ0) is 16.2. The molecular formula is C15H22N2O3S2. The van der Waals surface area contributed by atoms with Crippen molar-refractivity contribution >= 4 is 27.5 Å². The van der Waals surface area contributed by atoms with E-state index in [1.54, 1.807) is 16.7 Å². The molecule has 0 unspecified atom stereocenters. The van der Waals surface area contributed by atoms with Crippen molar-refractivity contribution in [1.82, 2.24) is 10.2 Å². The van der Waals surface area contributed by atoms with Crippen LogP contribution in [0.15, 0.2) is 29.2 Å². The molecule has 1 heterocycles. The Labute approximate surface area is 136 Å². The molecule has 22 heavy (non-hydrogen) atoms. The minimum Gasteiger partial charge on any atom is -0.339 e. The number of benzene rings is 1. The molecule has 0 aliphatic carbocycles. The Morgan fingerprint density at radius 2 is 1.86 bits per heavy atom. The number of sulfone groups is 1. The molecule has 1 amide bonds. The summed E-state index contributed by atoms with van der Waals surface area (Å²) in [5.41, 5.74) is 1.12. The van der Waals surface area contributed by atoms with Crippen LogP contribution in [0.5, 0.6) is 0 Å². The molecule has 1 atom stereocenters. The first kappa shape index (κ1) is 17.3. The highest BCUT2D eigenvalue weighted by Crippen LogP contribution is 2.15. The average molecular weight is 342 g/mol. The van der Waals surface area contributed by atoms with Gasteiger partial charge in [0.25, 0.3) is 0 Å². The summed E-state index contributed by atoms with van der Waals surface area (Å²) in [6.07, 6.45) is 2.03. The lowest BCUT2D eigenvalue weighted by Gasteiger charge is -2.29. The Morgan fingerprint density at radius 3 is 2.41 bits per heavy atom. The lowest BCUT2D eigenvalue weighted by atomic mass is 10.2. The van der Waals surface area contributed by atoms with E-state index in [1.165, 1.54) is 4.90 Å². The van der Waals surface area contributed by atoms with Gasteiger partial charge in [-0.05, 0) is 30.9 Å². The monoisotopic (exact) mass is 342 g/mol. The van der Waals surface area contributed by atoms with Crippen LogP contribution >= 0.6 is 11.8 Å². The first-order valence-corrected chi connectivity index (χ1v) is 10.3. The van der Waals surface area contributed by atoms with E-state index in [-0.39, 0.29) is 23.5 Å². The molecule has 1 saturated heterocycles. The van der Waals surface area contributed by atoms with Gasteiger partial charge < -0.3 is 10.2 Å². The summed E-state index contributed by atoms with van der Waals surface area (Å²) >= 11 is 1.70. The summed E-state index contributed by atoms with van der Waals surface area (Å²) in [5.74, 6) is 0.110. The topological polar surface area (TPSA) is 66.5 Å². The quantitative estimate of drug-likeness (QED) is 0.813. The number of amides is 1. The van der Waals surface area contributed by atoms with Crippen LogP contribution in [0.25, 0.3) is 0 Å². The normalized spacial score (nSPS) is 18.9. The van der Waals surface area contributed by atoms with Crippen LogP contribution in [0.1, 0.15) is 12.5 Å². The van der Waals surface area contributed by atoms with E-state index >= 15 is 0 Å². The van der Waals surface area contributed by atoms with Crippen molar-refractivity contribution in [2.45, 2.75) is 24.4 Å². The van der Waals surface area contributed by atoms with Crippen molar-refractivity contribution in [2.24, 2.45) is 0 Å². The molecule has 2 rings (SSSR count). The Morgan fingerprint density at radius 1 is 1.27 bits per heavy atom. The van der Waals surface area contributed by atoms with Gasteiger partial charge in [0.2, 0.25) is 5.91 Å². The molecule has 0 aromatic heterocycles. The number of nitrogens with zero attached hydrogens (tertiary/aromatic N) is 1. The van der Waals surface area contributed by atoms with Crippen molar-refractivity contribution in [2.75, 3.05) is 30.9 Å². The Balaban J connectivity index is 1.83. The third-order valence-electron chi connectivity index (χ3n) is 3.80. The minimum atomic E-state index is -2.95. The molecule has 0 bridgehead atoms. The van der Waals surface area contributed by atoms with Gasteiger partial charge in [0, 0.05) is 24.5 Å². The van der Waals surface area contributed by atoms with E-state index in [0.29, 0.717) is 19.6 Å². The predicted octanol–water partition coefficient (Wildman–Crippen LogP) is 1.14. The molecule has 0 radical (unpaired) electrons. The number of rotatable bonds is 5. The van der Waals surface area contributed by atoms with Crippen molar-refractivity contribution < 1.29 is 13.2 Å². The third-order valence-corrected chi connectivity index (χ3v) is 6.15. The zero-order valence-corrected chi connectivity index (χ0v) is 14.5. The van der Waals surface area contributed by atoms with Gasteiger partial charge in [-0.1, -0.05) is 12.1 Å². The largest absolute Gasteiger partial charge is 0.339 e. The highest BCUT2D eigenvalue weighted by atomic mass is 32.2. The van der Waals surface area contributed by atoms with Gasteiger partial charge in [0.15, 0.2) is 9.84 Å². The van der Waals surface area contributed by atoms with Crippen molar-refractivity contribution in [1.29, 1.82) is 0 Å². The lowest BCUT2D eigenvalue weighted by Crippen LogP contribution is -2.50. The van der Waals surface area contributed by atoms with Crippen LogP contribution in [0.4, 0.5) is 0 Å². The van der Waals surface area contributed by atoms with Gasteiger partial charge in [-0.25, -0.2) is 8.42 Å². The molecule has 1 aliphatic rings. The van der Waals surface area contributed by atoms with Crippen LogP contribution < -0.4 is 5.32 Å². The average Bonchev–Trinajstić information content (AvgIpc) is 2.52. The second-order valence-electron chi connectivity index (χ2n) is 5.43. The molecule has 0 saturated carbocycles. The predicted molar refractivity (Wildman–Crippen MR) is 89.8 cm³/mol. The summed E-state index contributed by atoms with van der Waals surface area (Å²) in [6.45, 7) is 3.04. The third kappa shape index (κ3) is 4.72. The Bertz CT molecular complexity index is 600. The molecule has 1 aromatic carbocycles. The van der Waals surface area contributed by atoms with Crippen LogP contribution in [0, 0.1) is 0 Å². The standard InChI is InChI=1S/C15H22N2O3S2/c1-12(15(18)17-7-9-22(19,20)10-8-17)16-11-13-3-5-14(21-2)6-4-13/h3-6,12,16H,7-11H2,1-2H3/t12-/m1/s1. The molecule has 122 valence electrons. The van der Waals surface area contributed by atoms with E-state index < -0.39 is 9.84 Å². The van der Waals surface area contributed by atoms with Crippen LogP contribution in [0.3, 0.4) is 0 Å². The first-order valence-electron chi connectivity index (χ1n) is 7.27. The fourth-order valence-corrected chi connectivity index (χ4v) is 3.92. The fraction of sp³-hybridized carbons (Fsp3) is 0.533. The molecule has 0 spiro atoms. The summed E-state index contributed by atoms with van der Waals surface area (Å²) in [5, 5.41) is 3.21. The van der Waals surface area contributed by atoms with E-state index in [0.717, 1.165) is 5.56 Å². The summed E-state index contributed by atoms with van der Waals surface area (Å²) in [7, 11) is -2.95. The maximum absolute atomic E-state index is 12.3. The number of nitrogens with one attached hydrogen (secondary N) is 1. The summed E-state index contributed by atoms with van der Waals surface area (Å²) in [4.78, 5) is 15.1. The van der Waals surface area contributed by atoms with Crippen LogP contribution in [0.2, 0.25) is 0 Å². The number of carbonyl (C=O) groups is 1. The summed E-state index contributed by atoms with van der Waals surface area (Å²) in [6, 6.07) is 7.89. The zero-order valence-electron chi connectivity index (χ0n) is 12.9. The van der Waals surface area contributed by atoms with E-state index in [4.69, 9.17) is 0 Å². The molecule has 1 aromatic rings. The van der Waals surface area contributed by atoms with Crippen LogP contribution in [-0.4, -0.2) is 56.1 Å². The van der Waals surface area contributed by atoms with Crippen molar-refractivity contribution in [3.8, 4) is 0 Å². The molecule has 5 nitrogen and oxygen atoms in total.